The number of hydrogen-bond donors (Lipinski definition) is 1. The molecule has 0 unspecified atom stereocenters. The van der Waals surface area contributed by atoms with Crippen LogP contribution in [0.3, 0.4) is 0 Å². The molecule has 3 aromatic carbocycles. The number of nitrogens with one attached hydrogen (secondary N) is 1. The molecule has 5 aromatic rings. The predicted octanol–water partition coefficient (Wildman–Crippen LogP) is 4.43. The number of esters is 1. The van der Waals surface area contributed by atoms with Crippen LogP contribution in [0, 0.1) is 0 Å². The quantitative estimate of drug-likeness (QED) is 0.326. The molecule has 1 atom stereocenters. The van der Waals surface area contributed by atoms with Crippen LogP contribution in [-0.4, -0.2) is 29.2 Å². The van der Waals surface area contributed by atoms with E-state index in [9.17, 15) is 9.59 Å². The number of aromatic nitrogens is 2. The number of benzene rings is 3. The van der Waals surface area contributed by atoms with Crippen molar-refractivity contribution in [1.82, 2.24) is 9.55 Å². The van der Waals surface area contributed by atoms with Gasteiger partial charge in [0.1, 0.15) is 5.75 Å². The van der Waals surface area contributed by atoms with Gasteiger partial charge in [0.15, 0.2) is 4.80 Å². The third kappa shape index (κ3) is 4.38. The zero-order chi connectivity index (χ0) is 26.9. The smallest absolute Gasteiger partial charge is 0.338 e. The van der Waals surface area contributed by atoms with Crippen molar-refractivity contribution in [2.75, 3.05) is 13.7 Å². The number of fused-ring (bicyclic) bond motifs is 2. The van der Waals surface area contributed by atoms with Gasteiger partial charge >= 0.3 is 5.97 Å². The largest absolute Gasteiger partial charge is 0.497 e. The van der Waals surface area contributed by atoms with E-state index in [1.807, 2.05) is 91.1 Å². The van der Waals surface area contributed by atoms with Gasteiger partial charge in [0.05, 0.1) is 35.6 Å². The van der Waals surface area contributed by atoms with Crippen LogP contribution in [0.25, 0.3) is 22.7 Å². The van der Waals surface area contributed by atoms with Gasteiger partial charge < -0.3 is 14.5 Å². The summed E-state index contributed by atoms with van der Waals surface area (Å²) in [6.07, 6.45) is 3.77. The molecule has 1 N–H and O–H groups in total. The fourth-order valence-corrected chi connectivity index (χ4v) is 5.91. The van der Waals surface area contributed by atoms with E-state index in [1.165, 1.54) is 11.3 Å². The van der Waals surface area contributed by atoms with Crippen LogP contribution in [0.1, 0.15) is 29.7 Å². The normalized spacial score (nSPS) is 15.2. The Balaban J connectivity index is 1.66. The lowest BCUT2D eigenvalue weighted by atomic mass is 9.93. The minimum absolute atomic E-state index is 0.195. The molecule has 6 rings (SSSR count). The lowest BCUT2D eigenvalue weighted by molar-refractivity contribution is -0.138. The van der Waals surface area contributed by atoms with Crippen LogP contribution >= 0.6 is 11.3 Å². The number of thiazole rings is 1. The molecule has 0 radical (unpaired) electrons. The monoisotopic (exact) mass is 535 g/mol. The molecule has 0 spiro atoms. The number of rotatable bonds is 6. The maximum Gasteiger partial charge on any atom is 0.338 e. The summed E-state index contributed by atoms with van der Waals surface area (Å²) in [7, 11) is 1.59. The maximum atomic E-state index is 14.0. The summed E-state index contributed by atoms with van der Waals surface area (Å²) in [6, 6.07) is 24.1. The average molecular weight is 536 g/mol. The topological polar surface area (TPSA) is 85.7 Å². The Morgan fingerprint density at radius 1 is 1.08 bits per heavy atom. The van der Waals surface area contributed by atoms with Crippen molar-refractivity contribution in [3.05, 3.63) is 127 Å². The molecule has 1 aliphatic rings. The predicted molar refractivity (Wildman–Crippen MR) is 152 cm³/mol. The van der Waals surface area contributed by atoms with Crippen molar-refractivity contribution in [1.29, 1.82) is 0 Å². The Bertz CT molecular complexity index is 1910. The number of hydrogen-bond acceptors (Lipinski definition) is 6. The molecule has 0 saturated carbocycles. The second-order valence-electron chi connectivity index (χ2n) is 9.00. The van der Waals surface area contributed by atoms with Crippen LogP contribution < -0.4 is 19.6 Å². The molecular formula is C31H25N3O4S. The molecule has 8 heteroatoms. The van der Waals surface area contributed by atoms with E-state index in [4.69, 9.17) is 14.5 Å². The van der Waals surface area contributed by atoms with Crippen LogP contribution in [0.15, 0.2) is 100 Å². The van der Waals surface area contributed by atoms with Crippen molar-refractivity contribution >= 4 is 40.0 Å². The van der Waals surface area contributed by atoms with E-state index in [1.54, 1.807) is 18.6 Å². The molecule has 39 heavy (non-hydrogen) atoms. The highest BCUT2D eigenvalue weighted by Gasteiger charge is 2.35. The Labute approximate surface area is 228 Å². The highest BCUT2D eigenvalue weighted by molar-refractivity contribution is 7.07. The van der Waals surface area contributed by atoms with Crippen LogP contribution in [0.2, 0.25) is 0 Å². The number of nitrogens with zero attached hydrogens (tertiary/aromatic N) is 2. The number of para-hydroxylation sites is 1. The number of carbonyl (C=O) groups is 1. The number of aromatic amines is 1. The van der Waals surface area contributed by atoms with Gasteiger partial charge in [0.2, 0.25) is 0 Å². The molecule has 3 heterocycles. The lowest BCUT2D eigenvalue weighted by Crippen LogP contribution is -2.40. The van der Waals surface area contributed by atoms with Crippen LogP contribution in [0.5, 0.6) is 5.75 Å². The number of H-pyrrole nitrogens is 1. The summed E-state index contributed by atoms with van der Waals surface area (Å²) >= 11 is 1.30. The molecule has 7 nitrogen and oxygen atoms in total. The third-order valence-corrected chi connectivity index (χ3v) is 7.67. The molecule has 0 fully saturated rings. The van der Waals surface area contributed by atoms with Crippen molar-refractivity contribution < 1.29 is 14.3 Å². The van der Waals surface area contributed by atoms with Gasteiger partial charge in [0, 0.05) is 28.2 Å². The summed E-state index contributed by atoms with van der Waals surface area (Å²) in [4.78, 5) is 36.3. The van der Waals surface area contributed by atoms with Gasteiger partial charge in [-0.2, -0.15) is 0 Å². The van der Waals surface area contributed by atoms with E-state index in [2.05, 4.69) is 4.98 Å². The molecule has 0 saturated heterocycles. The summed E-state index contributed by atoms with van der Waals surface area (Å²) < 4.78 is 13.1. The van der Waals surface area contributed by atoms with Gasteiger partial charge in [-0.05, 0) is 36.8 Å². The van der Waals surface area contributed by atoms with Crippen LogP contribution in [0.4, 0.5) is 0 Å². The van der Waals surface area contributed by atoms with Gasteiger partial charge in [-0.15, -0.1) is 0 Å². The standard InChI is InChI=1S/C31H25N3O4S/c1-3-38-30(36)26-27(19-10-5-4-6-11-19)33-31-34(28(26)20-12-9-13-22(16-20)37-2)29(35)25(39-31)17-21-18-32-24-15-8-7-14-23(21)24/h4-18,28,32H,3H2,1-2H3/b25-17-/t28-/m0/s1. The zero-order valence-corrected chi connectivity index (χ0v) is 22.2. The SMILES string of the molecule is CCOC(=O)C1=C(c2ccccc2)N=c2s/c(=C\c3c[nH]c4ccccc34)c(=O)n2[C@H]1c1cccc(OC)c1. The molecule has 0 aliphatic carbocycles. The van der Waals surface area contributed by atoms with E-state index < -0.39 is 12.0 Å². The number of methoxy groups -OCH3 is 1. The minimum atomic E-state index is -0.754. The van der Waals surface area contributed by atoms with Crippen LogP contribution in [-0.2, 0) is 9.53 Å². The highest BCUT2D eigenvalue weighted by Crippen LogP contribution is 2.36. The third-order valence-electron chi connectivity index (χ3n) is 6.69. The summed E-state index contributed by atoms with van der Waals surface area (Å²) in [5, 5.41) is 1.02. The Kier molecular flexibility index (Phi) is 6.46. The van der Waals surface area contributed by atoms with Gasteiger partial charge in [-0.3, -0.25) is 9.36 Å². The van der Waals surface area contributed by atoms with Crippen molar-refractivity contribution in [3.8, 4) is 5.75 Å². The highest BCUT2D eigenvalue weighted by atomic mass is 32.1. The van der Waals surface area contributed by atoms with E-state index in [0.717, 1.165) is 27.6 Å². The average Bonchev–Trinajstić information content (AvgIpc) is 3.53. The van der Waals surface area contributed by atoms with Gasteiger partial charge in [0.25, 0.3) is 5.56 Å². The summed E-state index contributed by atoms with van der Waals surface area (Å²) in [5.41, 5.74) is 3.95. The molecule has 2 aromatic heterocycles. The van der Waals surface area contributed by atoms with E-state index >= 15 is 0 Å². The second-order valence-corrected chi connectivity index (χ2v) is 10.0. The summed E-state index contributed by atoms with van der Waals surface area (Å²) in [6.45, 7) is 1.96. The van der Waals surface area contributed by atoms with E-state index in [-0.39, 0.29) is 12.2 Å². The van der Waals surface area contributed by atoms with Crippen molar-refractivity contribution in [3.63, 3.8) is 0 Å². The fourth-order valence-electron chi connectivity index (χ4n) is 4.92. The molecule has 0 bridgehead atoms. The van der Waals surface area contributed by atoms with Crippen molar-refractivity contribution in [2.24, 2.45) is 4.99 Å². The first kappa shape index (κ1) is 24.6. The summed E-state index contributed by atoms with van der Waals surface area (Å²) in [5.74, 6) is 0.105. The fraction of sp³-hybridized carbons (Fsp3) is 0.129. The zero-order valence-electron chi connectivity index (χ0n) is 21.4. The molecular weight excluding hydrogens is 510 g/mol. The second kappa shape index (κ2) is 10.2. The number of carbonyl (C=O) groups excluding carboxylic acids is 1. The first-order valence-corrected chi connectivity index (χ1v) is 13.4. The number of ether oxygens (including phenoxy) is 2. The minimum Gasteiger partial charge on any atom is -0.497 e. The van der Waals surface area contributed by atoms with Crippen molar-refractivity contribution in [2.45, 2.75) is 13.0 Å². The Hall–Kier alpha value is -4.69. The Morgan fingerprint density at radius 3 is 2.67 bits per heavy atom. The van der Waals surface area contributed by atoms with E-state index in [0.29, 0.717) is 26.4 Å². The molecule has 1 aliphatic heterocycles. The Morgan fingerprint density at radius 2 is 1.87 bits per heavy atom. The van der Waals surface area contributed by atoms with Gasteiger partial charge in [-0.1, -0.05) is 72.0 Å². The first-order chi connectivity index (χ1) is 19.1. The maximum absolute atomic E-state index is 14.0. The molecule has 0 amide bonds. The lowest BCUT2D eigenvalue weighted by Gasteiger charge is -2.26. The molecule has 194 valence electrons. The first-order valence-electron chi connectivity index (χ1n) is 12.6. The van der Waals surface area contributed by atoms with Gasteiger partial charge in [-0.25, -0.2) is 9.79 Å².